The molecule has 1 nitrogen and oxygen atoms in total. The predicted molar refractivity (Wildman–Crippen MR) is 52.2 cm³/mol. The highest BCUT2D eigenvalue weighted by Gasteiger charge is 2.37. The van der Waals surface area contributed by atoms with Crippen molar-refractivity contribution in [3.63, 3.8) is 0 Å². The number of hydrogen-bond donors (Lipinski definition) is 1. The molecule has 1 aromatic rings. The molecule has 0 amide bonds. The largest absolute Gasteiger partial charge is 0.414 e. The van der Waals surface area contributed by atoms with E-state index >= 15 is 0 Å². The van der Waals surface area contributed by atoms with Crippen LogP contribution in [0.2, 0.25) is 10.0 Å². The number of aliphatic hydroxyl groups excluding tert-OH is 1. The molecule has 1 atom stereocenters. The summed E-state index contributed by atoms with van der Waals surface area (Å²) in [7, 11) is 0. The summed E-state index contributed by atoms with van der Waals surface area (Å²) in [5, 5.41) is 9.23. The Morgan fingerprint density at radius 3 is 2.27 bits per heavy atom. The topological polar surface area (TPSA) is 20.2 Å². The van der Waals surface area contributed by atoms with Crippen LogP contribution in [0.25, 0.3) is 0 Å². The number of benzene rings is 1. The first-order valence-corrected chi connectivity index (χ1v) is 4.75. The van der Waals surface area contributed by atoms with Crippen molar-refractivity contribution in [2.24, 2.45) is 0 Å². The lowest BCUT2D eigenvalue weighted by molar-refractivity contribution is -0.203. The van der Waals surface area contributed by atoms with Gasteiger partial charge in [-0.25, -0.2) is 0 Å². The van der Waals surface area contributed by atoms with Crippen LogP contribution in [-0.4, -0.2) is 17.4 Å². The molecule has 0 bridgehead atoms. The average Bonchev–Trinajstić information content (AvgIpc) is 2.10. The summed E-state index contributed by atoms with van der Waals surface area (Å²) in [5.41, 5.74) is 0.286. The molecule has 1 N–H and O–H groups in total. The second kappa shape index (κ2) is 4.60. The molecular formula is C9H7Cl2F3O. The van der Waals surface area contributed by atoms with Crippen LogP contribution >= 0.6 is 23.2 Å². The normalized spacial score (nSPS) is 14.0. The van der Waals surface area contributed by atoms with Crippen LogP contribution in [0.3, 0.4) is 0 Å². The van der Waals surface area contributed by atoms with Gasteiger partial charge in [0, 0.05) is 6.42 Å². The fourth-order valence-corrected chi connectivity index (χ4v) is 1.33. The van der Waals surface area contributed by atoms with E-state index in [2.05, 4.69) is 0 Å². The molecule has 1 rings (SSSR count). The van der Waals surface area contributed by atoms with Crippen LogP contribution in [0.5, 0.6) is 0 Å². The minimum atomic E-state index is -4.62. The fourth-order valence-electron chi connectivity index (χ4n) is 1.01. The van der Waals surface area contributed by atoms with Crippen LogP contribution in [-0.2, 0) is 6.42 Å². The predicted octanol–water partition coefficient (Wildman–Crippen LogP) is 3.46. The lowest BCUT2D eigenvalue weighted by Gasteiger charge is -2.14. The molecule has 0 heterocycles. The molecule has 0 spiro atoms. The first kappa shape index (κ1) is 12.6. The van der Waals surface area contributed by atoms with Crippen molar-refractivity contribution in [3.8, 4) is 0 Å². The molecule has 6 heteroatoms. The lowest BCUT2D eigenvalue weighted by Crippen LogP contribution is -2.30. The molecule has 0 aliphatic heterocycles. The highest BCUT2D eigenvalue weighted by molar-refractivity contribution is 6.42. The lowest BCUT2D eigenvalue weighted by atomic mass is 10.1. The van der Waals surface area contributed by atoms with Crippen LogP contribution in [0, 0.1) is 0 Å². The molecule has 1 aromatic carbocycles. The Morgan fingerprint density at radius 2 is 1.80 bits per heavy atom. The Hall–Kier alpha value is -0.450. The molecule has 0 saturated heterocycles. The number of halogens is 5. The summed E-state index contributed by atoms with van der Waals surface area (Å²) in [6.45, 7) is 0. The molecule has 0 fully saturated rings. The quantitative estimate of drug-likeness (QED) is 0.862. The van der Waals surface area contributed by atoms with Crippen molar-refractivity contribution in [2.75, 3.05) is 0 Å². The molecule has 0 radical (unpaired) electrons. The SMILES string of the molecule is O[C@H](Cc1ccc(Cl)c(Cl)c1)C(F)(F)F. The van der Waals surface area contributed by atoms with E-state index in [-0.39, 0.29) is 15.6 Å². The van der Waals surface area contributed by atoms with Crippen LogP contribution in [0.15, 0.2) is 18.2 Å². The minimum absolute atomic E-state index is 0.170. The molecular weight excluding hydrogens is 252 g/mol. The molecule has 15 heavy (non-hydrogen) atoms. The highest BCUT2D eigenvalue weighted by Crippen LogP contribution is 2.26. The monoisotopic (exact) mass is 258 g/mol. The van der Waals surface area contributed by atoms with E-state index in [1.807, 2.05) is 0 Å². The van der Waals surface area contributed by atoms with E-state index in [1.54, 1.807) is 0 Å². The van der Waals surface area contributed by atoms with Gasteiger partial charge in [-0.2, -0.15) is 13.2 Å². The van der Waals surface area contributed by atoms with Crippen molar-refractivity contribution in [1.82, 2.24) is 0 Å². The molecule has 0 saturated carbocycles. The summed E-state index contributed by atoms with van der Waals surface area (Å²) >= 11 is 11.2. The average molecular weight is 259 g/mol. The summed E-state index contributed by atoms with van der Waals surface area (Å²) in [6.07, 6.45) is -7.53. The zero-order chi connectivity index (χ0) is 11.6. The Morgan fingerprint density at radius 1 is 1.20 bits per heavy atom. The first-order valence-electron chi connectivity index (χ1n) is 3.99. The van der Waals surface area contributed by atoms with Crippen molar-refractivity contribution in [3.05, 3.63) is 33.8 Å². The summed E-state index contributed by atoms with van der Waals surface area (Å²) < 4.78 is 36.0. The van der Waals surface area contributed by atoms with Gasteiger partial charge in [0.1, 0.15) is 0 Å². The summed E-state index contributed by atoms with van der Waals surface area (Å²) in [5.74, 6) is 0. The van der Waals surface area contributed by atoms with Gasteiger partial charge in [-0.1, -0.05) is 29.3 Å². The Balaban J connectivity index is 2.78. The number of alkyl halides is 3. The third kappa shape index (κ3) is 3.55. The van der Waals surface area contributed by atoms with Crippen molar-refractivity contribution in [2.45, 2.75) is 18.7 Å². The van der Waals surface area contributed by atoms with Crippen LogP contribution < -0.4 is 0 Å². The Bertz CT molecular complexity index is 352. The Labute approximate surface area is 94.4 Å². The molecule has 0 aliphatic carbocycles. The summed E-state index contributed by atoms with van der Waals surface area (Å²) in [4.78, 5) is 0. The zero-order valence-electron chi connectivity index (χ0n) is 7.35. The van der Waals surface area contributed by atoms with Crippen molar-refractivity contribution < 1.29 is 18.3 Å². The minimum Gasteiger partial charge on any atom is -0.383 e. The maximum Gasteiger partial charge on any atom is 0.414 e. The standard InChI is InChI=1S/C9H7Cl2F3O/c10-6-2-1-5(3-7(6)11)4-8(15)9(12,13)14/h1-3,8,15H,4H2/t8-/m1/s1. The van der Waals surface area contributed by atoms with Gasteiger partial charge in [0.25, 0.3) is 0 Å². The van der Waals surface area contributed by atoms with Gasteiger partial charge < -0.3 is 5.11 Å². The van der Waals surface area contributed by atoms with Crippen LogP contribution in [0.4, 0.5) is 13.2 Å². The molecule has 0 aromatic heterocycles. The number of aliphatic hydroxyl groups is 1. The van der Waals surface area contributed by atoms with E-state index < -0.39 is 18.7 Å². The zero-order valence-corrected chi connectivity index (χ0v) is 8.87. The van der Waals surface area contributed by atoms with Crippen molar-refractivity contribution in [1.29, 1.82) is 0 Å². The third-order valence-electron chi connectivity index (χ3n) is 1.79. The molecule has 0 aliphatic rings. The van der Waals surface area contributed by atoms with Gasteiger partial charge in [-0.05, 0) is 17.7 Å². The van der Waals surface area contributed by atoms with E-state index in [0.717, 1.165) is 0 Å². The van der Waals surface area contributed by atoms with Gasteiger partial charge in [0.2, 0.25) is 0 Å². The second-order valence-corrected chi connectivity index (χ2v) is 3.82. The molecule has 84 valence electrons. The fraction of sp³-hybridized carbons (Fsp3) is 0.333. The maximum absolute atomic E-state index is 12.0. The Kier molecular flexibility index (Phi) is 3.87. The van der Waals surface area contributed by atoms with E-state index in [1.165, 1.54) is 18.2 Å². The van der Waals surface area contributed by atoms with Gasteiger partial charge in [-0.3, -0.25) is 0 Å². The number of hydrogen-bond acceptors (Lipinski definition) is 1. The van der Waals surface area contributed by atoms with Gasteiger partial charge >= 0.3 is 6.18 Å². The van der Waals surface area contributed by atoms with Gasteiger partial charge in [0.15, 0.2) is 6.10 Å². The second-order valence-electron chi connectivity index (χ2n) is 3.01. The van der Waals surface area contributed by atoms with E-state index in [0.29, 0.717) is 0 Å². The first-order chi connectivity index (χ1) is 6.80. The third-order valence-corrected chi connectivity index (χ3v) is 2.53. The van der Waals surface area contributed by atoms with E-state index in [9.17, 15) is 13.2 Å². The van der Waals surface area contributed by atoms with Crippen LogP contribution in [0.1, 0.15) is 5.56 Å². The molecule has 0 unspecified atom stereocenters. The number of rotatable bonds is 2. The highest BCUT2D eigenvalue weighted by atomic mass is 35.5. The van der Waals surface area contributed by atoms with Gasteiger partial charge in [-0.15, -0.1) is 0 Å². The summed E-state index contributed by atoms with van der Waals surface area (Å²) in [6, 6.07) is 4.09. The smallest absolute Gasteiger partial charge is 0.383 e. The van der Waals surface area contributed by atoms with Gasteiger partial charge in [0.05, 0.1) is 10.0 Å². The van der Waals surface area contributed by atoms with E-state index in [4.69, 9.17) is 28.3 Å². The maximum atomic E-state index is 12.0. The van der Waals surface area contributed by atoms with Crippen molar-refractivity contribution >= 4 is 23.2 Å².